The molecule has 150 valence electrons. The number of esters is 1. The molecule has 0 aliphatic heterocycles. The Bertz CT molecular complexity index is 1080. The number of aryl methyl sites for hydroxylation is 2. The van der Waals surface area contributed by atoms with Gasteiger partial charge < -0.3 is 13.8 Å². The van der Waals surface area contributed by atoms with Crippen LogP contribution in [-0.2, 0) is 16.6 Å². The summed E-state index contributed by atoms with van der Waals surface area (Å²) >= 11 is 6.02. The molecule has 2 amide bonds. The van der Waals surface area contributed by atoms with Crippen LogP contribution in [0.4, 0.5) is 4.39 Å². The van der Waals surface area contributed by atoms with Crippen molar-refractivity contribution in [3.8, 4) is 11.3 Å². The molecule has 3 rings (SSSR count). The number of benzene rings is 1. The van der Waals surface area contributed by atoms with Crippen molar-refractivity contribution in [3.63, 3.8) is 0 Å². The summed E-state index contributed by atoms with van der Waals surface area (Å²) in [5.41, 5.74) is -0.174. The summed E-state index contributed by atoms with van der Waals surface area (Å²) in [4.78, 5) is 36.4. The van der Waals surface area contributed by atoms with Gasteiger partial charge in [-0.3, -0.25) is 14.9 Å². The first kappa shape index (κ1) is 20.3. The molecule has 2 heterocycles. The Hall–Kier alpha value is -3.46. The van der Waals surface area contributed by atoms with E-state index in [1.54, 1.807) is 19.3 Å². The van der Waals surface area contributed by atoms with E-state index >= 15 is 0 Å². The SMILES string of the molecule is Cc1onc(-c2c(F)cccc2Cl)c1C(=O)OCC(=O)NC(=O)c1cccn1C. The van der Waals surface area contributed by atoms with E-state index in [0.29, 0.717) is 0 Å². The maximum Gasteiger partial charge on any atom is 0.344 e. The monoisotopic (exact) mass is 419 g/mol. The second kappa shape index (κ2) is 8.27. The predicted octanol–water partition coefficient (Wildman–Crippen LogP) is 2.89. The van der Waals surface area contributed by atoms with Crippen LogP contribution in [0.3, 0.4) is 0 Å². The minimum atomic E-state index is -0.973. The summed E-state index contributed by atoms with van der Waals surface area (Å²) in [5.74, 6) is -3.09. The van der Waals surface area contributed by atoms with Gasteiger partial charge in [0.25, 0.3) is 11.8 Å². The van der Waals surface area contributed by atoms with E-state index < -0.39 is 30.2 Å². The van der Waals surface area contributed by atoms with Crippen molar-refractivity contribution >= 4 is 29.4 Å². The number of carbonyl (C=O) groups excluding carboxylic acids is 3. The lowest BCUT2D eigenvalue weighted by Gasteiger charge is -2.08. The van der Waals surface area contributed by atoms with Crippen LogP contribution in [0.25, 0.3) is 11.3 Å². The Morgan fingerprint density at radius 3 is 2.69 bits per heavy atom. The zero-order valence-electron chi connectivity index (χ0n) is 15.4. The van der Waals surface area contributed by atoms with E-state index in [2.05, 4.69) is 10.5 Å². The van der Waals surface area contributed by atoms with Gasteiger partial charge in [0.05, 0.1) is 10.6 Å². The fraction of sp³-hybridized carbons (Fsp3) is 0.158. The Morgan fingerprint density at radius 1 is 1.28 bits per heavy atom. The molecule has 0 atom stereocenters. The summed E-state index contributed by atoms with van der Waals surface area (Å²) in [6.45, 7) is 0.699. The summed E-state index contributed by atoms with van der Waals surface area (Å²) in [6.07, 6.45) is 1.64. The first-order chi connectivity index (χ1) is 13.8. The van der Waals surface area contributed by atoms with E-state index in [1.165, 1.54) is 29.7 Å². The number of amides is 2. The number of carbonyl (C=O) groups is 3. The second-order valence-corrected chi connectivity index (χ2v) is 6.42. The summed E-state index contributed by atoms with van der Waals surface area (Å²) in [6, 6.07) is 7.16. The molecule has 0 fully saturated rings. The zero-order chi connectivity index (χ0) is 21.1. The summed E-state index contributed by atoms with van der Waals surface area (Å²) in [7, 11) is 1.64. The highest BCUT2D eigenvalue weighted by atomic mass is 35.5. The first-order valence-corrected chi connectivity index (χ1v) is 8.70. The highest BCUT2D eigenvalue weighted by Gasteiger charge is 2.27. The number of hydrogen-bond acceptors (Lipinski definition) is 6. The van der Waals surface area contributed by atoms with E-state index in [0.717, 1.165) is 6.07 Å². The van der Waals surface area contributed by atoms with E-state index in [9.17, 15) is 18.8 Å². The molecule has 0 aliphatic carbocycles. The van der Waals surface area contributed by atoms with Crippen molar-refractivity contribution in [3.05, 3.63) is 64.4 Å². The van der Waals surface area contributed by atoms with Gasteiger partial charge >= 0.3 is 5.97 Å². The van der Waals surface area contributed by atoms with E-state index in [1.807, 2.05) is 0 Å². The molecule has 0 unspecified atom stereocenters. The Labute approximate surface area is 169 Å². The lowest BCUT2D eigenvalue weighted by Crippen LogP contribution is -2.35. The van der Waals surface area contributed by atoms with E-state index in [-0.39, 0.29) is 33.3 Å². The van der Waals surface area contributed by atoms with Crippen LogP contribution in [0, 0.1) is 12.7 Å². The molecular weight excluding hydrogens is 405 g/mol. The number of nitrogens with zero attached hydrogens (tertiary/aromatic N) is 2. The quantitative estimate of drug-likeness (QED) is 0.638. The summed E-state index contributed by atoms with van der Waals surface area (Å²) < 4.78 is 25.6. The van der Waals surface area contributed by atoms with Gasteiger partial charge in [0.15, 0.2) is 6.61 Å². The Kier molecular flexibility index (Phi) is 5.79. The highest BCUT2D eigenvalue weighted by molar-refractivity contribution is 6.33. The molecule has 1 N–H and O–H groups in total. The number of ether oxygens (including phenoxy) is 1. The predicted molar refractivity (Wildman–Crippen MR) is 99.8 cm³/mol. The first-order valence-electron chi connectivity index (χ1n) is 8.33. The maximum atomic E-state index is 14.2. The van der Waals surface area contributed by atoms with Crippen LogP contribution < -0.4 is 5.32 Å². The van der Waals surface area contributed by atoms with Crippen LogP contribution in [-0.4, -0.2) is 34.1 Å². The summed E-state index contributed by atoms with van der Waals surface area (Å²) in [5, 5.41) is 5.82. The normalized spacial score (nSPS) is 10.6. The molecule has 8 nitrogen and oxygen atoms in total. The minimum Gasteiger partial charge on any atom is -0.452 e. The standard InChI is InChI=1S/C19H15ClFN3O5/c1-10-15(17(23-29-10)16-11(20)5-3-6-12(16)21)19(27)28-9-14(25)22-18(26)13-7-4-8-24(13)2/h3-8H,9H2,1-2H3,(H,22,25,26). The zero-order valence-corrected chi connectivity index (χ0v) is 16.1. The Balaban J connectivity index is 1.72. The highest BCUT2D eigenvalue weighted by Crippen LogP contribution is 2.33. The van der Waals surface area contributed by atoms with Gasteiger partial charge in [-0.25, -0.2) is 9.18 Å². The number of aromatic nitrogens is 2. The van der Waals surface area contributed by atoms with Crippen LogP contribution in [0.5, 0.6) is 0 Å². The molecule has 1 aromatic carbocycles. The molecule has 29 heavy (non-hydrogen) atoms. The molecule has 2 aromatic heterocycles. The number of hydrogen-bond donors (Lipinski definition) is 1. The van der Waals surface area contributed by atoms with Crippen LogP contribution in [0.2, 0.25) is 5.02 Å². The van der Waals surface area contributed by atoms with E-state index in [4.69, 9.17) is 20.9 Å². The molecule has 10 heteroatoms. The number of nitrogens with one attached hydrogen (secondary N) is 1. The molecule has 0 spiro atoms. The fourth-order valence-corrected chi connectivity index (χ4v) is 2.89. The number of halogens is 2. The molecule has 0 radical (unpaired) electrons. The largest absolute Gasteiger partial charge is 0.452 e. The third kappa shape index (κ3) is 4.19. The topological polar surface area (TPSA) is 103 Å². The Morgan fingerprint density at radius 2 is 2.03 bits per heavy atom. The van der Waals surface area contributed by atoms with Crippen LogP contribution >= 0.6 is 11.6 Å². The van der Waals surface area contributed by atoms with Crippen LogP contribution in [0.15, 0.2) is 41.1 Å². The van der Waals surface area contributed by atoms with Gasteiger partial charge in [-0.15, -0.1) is 0 Å². The van der Waals surface area contributed by atoms with Crippen molar-refractivity contribution < 1.29 is 28.0 Å². The van der Waals surface area contributed by atoms with Crippen molar-refractivity contribution in [2.24, 2.45) is 7.05 Å². The second-order valence-electron chi connectivity index (χ2n) is 6.02. The van der Waals surface area contributed by atoms with Gasteiger partial charge in [0.2, 0.25) is 0 Å². The van der Waals surface area contributed by atoms with Gasteiger partial charge in [0.1, 0.15) is 28.5 Å². The van der Waals surface area contributed by atoms with Gasteiger partial charge in [-0.1, -0.05) is 22.8 Å². The van der Waals surface area contributed by atoms with Gasteiger partial charge in [-0.2, -0.15) is 0 Å². The average molecular weight is 420 g/mol. The molecule has 0 saturated heterocycles. The lowest BCUT2D eigenvalue weighted by molar-refractivity contribution is -0.123. The smallest absolute Gasteiger partial charge is 0.344 e. The third-order valence-electron chi connectivity index (χ3n) is 4.03. The fourth-order valence-electron chi connectivity index (χ4n) is 2.63. The molecule has 0 saturated carbocycles. The molecule has 3 aromatic rings. The number of rotatable bonds is 5. The van der Waals surface area contributed by atoms with Crippen molar-refractivity contribution in [2.75, 3.05) is 6.61 Å². The third-order valence-corrected chi connectivity index (χ3v) is 4.35. The molecule has 0 aliphatic rings. The molecule has 0 bridgehead atoms. The van der Waals surface area contributed by atoms with Crippen molar-refractivity contribution in [1.29, 1.82) is 0 Å². The van der Waals surface area contributed by atoms with Crippen molar-refractivity contribution in [1.82, 2.24) is 15.0 Å². The van der Waals surface area contributed by atoms with Crippen molar-refractivity contribution in [2.45, 2.75) is 6.92 Å². The molecular formula is C19H15ClFN3O5. The van der Waals surface area contributed by atoms with Crippen LogP contribution in [0.1, 0.15) is 26.6 Å². The maximum absolute atomic E-state index is 14.2. The average Bonchev–Trinajstić information content (AvgIpc) is 3.25. The van der Waals surface area contributed by atoms with Gasteiger partial charge in [-0.05, 0) is 31.2 Å². The minimum absolute atomic E-state index is 0.0262. The lowest BCUT2D eigenvalue weighted by atomic mass is 10.1. The number of imide groups is 1. The van der Waals surface area contributed by atoms with Gasteiger partial charge in [0, 0.05) is 13.2 Å².